The van der Waals surface area contributed by atoms with E-state index >= 15 is 0 Å². The van der Waals surface area contributed by atoms with Crippen molar-refractivity contribution in [3.63, 3.8) is 0 Å². The lowest BCUT2D eigenvalue weighted by molar-refractivity contribution is 0.0931. The van der Waals surface area contributed by atoms with E-state index in [2.05, 4.69) is 56.5 Å². The van der Waals surface area contributed by atoms with Gasteiger partial charge in [0, 0.05) is 17.9 Å². The van der Waals surface area contributed by atoms with Crippen molar-refractivity contribution in [2.24, 2.45) is 0 Å². The SMILES string of the molecule is CCc1ccc(C(CNC(=O)c2nc3nc(C)cc(C)n3n2)N(C)C)cc1. The minimum Gasteiger partial charge on any atom is -0.347 e. The zero-order valence-corrected chi connectivity index (χ0v) is 16.5. The van der Waals surface area contributed by atoms with Gasteiger partial charge in [-0.2, -0.15) is 4.98 Å². The molecule has 0 saturated heterocycles. The summed E-state index contributed by atoms with van der Waals surface area (Å²) in [6.45, 7) is 6.42. The molecule has 27 heavy (non-hydrogen) atoms. The predicted octanol–water partition coefficient (Wildman–Crippen LogP) is 2.34. The van der Waals surface area contributed by atoms with Gasteiger partial charge in [0.25, 0.3) is 11.7 Å². The first-order valence-electron chi connectivity index (χ1n) is 9.13. The van der Waals surface area contributed by atoms with E-state index in [1.54, 1.807) is 4.52 Å². The molecule has 7 heteroatoms. The van der Waals surface area contributed by atoms with Crippen molar-refractivity contribution in [2.45, 2.75) is 33.2 Å². The van der Waals surface area contributed by atoms with Gasteiger partial charge in [0.05, 0.1) is 6.04 Å². The van der Waals surface area contributed by atoms with E-state index in [0.29, 0.717) is 12.3 Å². The summed E-state index contributed by atoms with van der Waals surface area (Å²) in [5.41, 5.74) is 4.20. The van der Waals surface area contributed by atoms with Crippen LogP contribution in [-0.2, 0) is 6.42 Å². The Labute approximate surface area is 159 Å². The lowest BCUT2D eigenvalue weighted by Gasteiger charge is -2.25. The quantitative estimate of drug-likeness (QED) is 0.725. The molecule has 0 aliphatic heterocycles. The second-order valence-corrected chi connectivity index (χ2v) is 6.97. The summed E-state index contributed by atoms with van der Waals surface area (Å²) >= 11 is 0. The molecule has 1 aromatic carbocycles. The third-order valence-electron chi connectivity index (χ3n) is 4.67. The van der Waals surface area contributed by atoms with Gasteiger partial charge in [-0.25, -0.2) is 9.50 Å². The zero-order valence-electron chi connectivity index (χ0n) is 16.5. The maximum atomic E-state index is 12.6. The van der Waals surface area contributed by atoms with Gasteiger partial charge in [-0.3, -0.25) is 4.79 Å². The fourth-order valence-electron chi connectivity index (χ4n) is 3.10. The van der Waals surface area contributed by atoms with Crippen molar-refractivity contribution < 1.29 is 4.79 Å². The van der Waals surface area contributed by atoms with Crippen LogP contribution in [0.2, 0.25) is 0 Å². The van der Waals surface area contributed by atoms with Gasteiger partial charge < -0.3 is 10.2 Å². The van der Waals surface area contributed by atoms with Crippen LogP contribution in [0.1, 0.15) is 46.1 Å². The van der Waals surface area contributed by atoms with Gasteiger partial charge in [0.2, 0.25) is 5.82 Å². The Morgan fingerprint density at radius 3 is 2.52 bits per heavy atom. The Kier molecular flexibility index (Phi) is 5.51. The molecular formula is C20H26N6O. The van der Waals surface area contributed by atoms with Crippen LogP contribution in [0.25, 0.3) is 5.78 Å². The molecule has 1 amide bonds. The number of nitrogens with zero attached hydrogens (tertiary/aromatic N) is 5. The molecule has 1 N–H and O–H groups in total. The molecule has 0 spiro atoms. The molecule has 142 valence electrons. The third kappa shape index (κ3) is 4.14. The Hall–Kier alpha value is -2.80. The summed E-state index contributed by atoms with van der Waals surface area (Å²) in [4.78, 5) is 23.3. The highest BCUT2D eigenvalue weighted by Gasteiger charge is 2.19. The van der Waals surface area contributed by atoms with Crippen molar-refractivity contribution >= 4 is 11.7 Å². The van der Waals surface area contributed by atoms with Crippen molar-refractivity contribution in [1.29, 1.82) is 0 Å². The molecule has 0 fully saturated rings. The van der Waals surface area contributed by atoms with Crippen LogP contribution in [0.4, 0.5) is 0 Å². The van der Waals surface area contributed by atoms with Gasteiger partial charge in [-0.15, -0.1) is 5.10 Å². The van der Waals surface area contributed by atoms with Crippen molar-refractivity contribution in [3.05, 3.63) is 58.7 Å². The number of rotatable bonds is 6. The largest absolute Gasteiger partial charge is 0.347 e. The number of nitrogens with one attached hydrogen (secondary N) is 1. The summed E-state index contributed by atoms with van der Waals surface area (Å²) in [7, 11) is 4.01. The molecule has 0 saturated carbocycles. The van der Waals surface area contributed by atoms with Gasteiger partial charge in [-0.1, -0.05) is 31.2 Å². The first-order valence-corrected chi connectivity index (χ1v) is 9.13. The topological polar surface area (TPSA) is 75.4 Å². The minimum absolute atomic E-state index is 0.0685. The van der Waals surface area contributed by atoms with Crippen LogP contribution >= 0.6 is 0 Å². The van der Waals surface area contributed by atoms with Gasteiger partial charge in [0.15, 0.2) is 0 Å². The average Bonchev–Trinajstić information content (AvgIpc) is 3.06. The molecule has 2 heterocycles. The van der Waals surface area contributed by atoms with Crippen LogP contribution in [0, 0.1) is 13.8 Å². The molecule has 7 nitrogen and oxygen atoms in total. The molecule has 0 aliphatic rings. The van der Waals surface area contributed by atoms with E-state index in [1.165, 1.54) is 5.56 Å². The number of benzene rings is 1. The molecule has 0 aliphatic carbocycles. The number of carbonyl (C=O) groups excluding carboxylic acids is 1. The maximum Gasteiger partial charge on any atom is 0.291 e. The number of hydrogen-bond acceptors (Lipinski definition) is 5. The summed E-state index contributed by atoms with van der Waals surface area (Å²) < 4.78 is 1.59. The van der Waals surface area contributed by atoms with Crippen LogP contribution in [0.5, 0.6) is 0 Å². The molecule has 1 unspecified atom stereocenters. The monoisotopic (exact) mass is 366 g/mol. The van der Waals surface area contributed by atoms with E-state index in [4.69, 9.17) is 0 Å². The summed E-state index contributed by atoms with van der Waals surface area (Å²) in [6.07, 6.45) is 1.01. The van der Waals surface area contributed by atoms with E-state index in [9.17, 15) is 4.79 Å². The average molecular weight is 366 g/mol. The number of likely N-dealkylation sites (N-methyl/N-ethyl adjacent to an activating group) is 1. The lowest BCUT2D eigenvalue weighted by atomic mass is 10.0. The number of aryl methyl sites for hydroxylation is 3. The highest BCUT2D eigenvalue weighted by atomic mass is 16.2. The molecule has 0 radical (unpaired) electrons. The number of hydrogen-bond donors (Lipinski definition) is 1. The summed E-state index contributed by atoms with van der Waals surface area (Å²) in [5.74, 6) is 0.279. The van der Waals surface area contributed by atoms with E-state index < -0.39 is 0 Å². The Morgan fingerprint density at radius 1 is 1.19 bits per heavy atom. The standard InChI is InChI=1S/C20H26N6O/c1-6-15-7-9-16(10-8-15)17(25(4)5)12-21-19(27)18-23-20-22-13(2)11-14(3)26(20)24-18/h7-11,17H,6,12H2,1-5H3,(H,21,27). The molecule has 1 atom stereocenters. The fraction of sp³-hybridized carbons (Fsp3) is 0.400. The maximum absolute atomic E-state index is 12.6. The van der Waals surface area contributed by atoms with Crippen molar-refractivity contribution in [3.8, 4) is 0 Å². The van der Waals surface area contributed by atoms with Gasteiger partial charge in [0.1, 0.15) is 0 Å². The zero-order chi connectivity index (χ0) is 19.6. The number of aromatic nitrogens is 4. The smallest absolute Gasteiger partial charge is 0.291 e. The Morgan fingerprint density at radius 2 is 1.89 bits per heavy atom. The first-order chi connectivity index (χ1) is 12.9. The molecule has 0 bridgehead atoms. The first kappa shape index (κ1) is 19.0. The number of carbonyl (C=O) groups is 1. The molecular weight excluding hydrogens is 340 g/mol. The van der Waals surface area contributed by atoms with Crippen LogP contribution < -0.4 is 5.32 Å². The van der Waals surface area contributed by atoms with E-state index in [-0.39, 0.29) is 17.8 Å². The third-order valence-corrected chi connectivity index (χ3v) is 4.67. The summed E-state index contributed by atoms with van der Waals surface area (Å²) in [5, 5.41) is 7.24. The number of fused-ring (bicyclic) bond motifs is 1. The van der Waals surface area contributed by atoms with Gasteiger partial charge in [-0.05, 0) is 51.6 Å². The highest BCUT2D eigenvalue weighted by molar-refractivity contribution is 5.90. The highest BCUT2D eigenvalue weighted by Crippen LogP contribution is 2.18. The second-order valence-electron chi connectivity index (χ2n) is 6.97. The fourth-order valence-corrected chi connectivity index (χ4v) is 3.10. The minimum atomic E-state index is -0.297. The van der Waals surface area contributed by atoms with E-state index in [0.717, 1.165) is 23.4 Å². The van der Waals surface area contributed by atoms with Crippen molar-refractivity contribution in [2.75, 3.05) is 20.6 Å². The molecule has 3 rings (SSSR count). The van der Waals surface area contributed by atoms with Crippen LogP contribution in [-0.4, -0.2) is 51.0 Å². The lowest BCUT2D eigenvalue weighted by Crippen LogP contribution is -2.35. The Bertz CT molecular complexity index is 945. The van der Waals surface area contributed by atoms with E-state index in [1.807, 2.05) is 34.0 Å². The van der Waals surface area contributed by atoms with Crippen LogP contribution in [0.15, 0.2) is 30.3 Å². The molecule has 2 aromatic heterocycles. The normalized spacial score (nSPS) is 12.5. The molecule has 3 aromatic rings. The number of amides is 1. The van der Waals surface area contributed by atoms with Crippen molar-refractivity contribution in [1.82, 2.24) is 29.8 Å². The van der Waals surface area contributed by atoms with Gasteiger partial charge >= 0.3 is 0 Å². The summed E-state index contributed by atoms with van der Waals surface area (Å²) in [6, 6.07) is 10.5. The Balaban J connectivity index is 1.75. The predicted molar refractivity (Wildman–Crippen MR) is 105 cm³/mol. The second kappa shape index (κ2) is 7.84. The van der Waals surface area contributed by atoms with Crippen LogP contribution in [0.3, 0.4) is 0 Å².